The first-order chi connectivity index (χ1) is 18.6. The largest absolute Gasteiger partial charge is 0.463 e. The summed E-state index contributed by atoms with van der Waals surface area (Å²) in [6, 6.07) is 15.2. The minimum absolute atomic E-state index is 0.0283. The lowest BCUT2D eigenvalue weighted by Gasteiger charge is -2.39. The van der Waals surface area contributed by atoms with E-state index in [0.29, 0.717) is 52.0 Å². The molecule has 1 aromatic heterocycles. The monoisotopic (exact) mass is 563 g/mol. The molecule has 2 aliphatic rings. The zero-order chi connectivity index (χ0) is 27.9. The highest BCUT2D eigenvalue weighted by Gasteiger charge is 2.44. The second-order valence-electron chi connectivity index (χ2n) is 10.9. The fourth-order valence-corrected chi connectivity index (χ4v) is 6.07. The SMILES string of the molecule is CCOC(=O)C1=C(C)NC2=C(C(=O)CC(C)(C)C2)C1c1cn(Cc2ccc(Cl)cc2Cl)nc1-c1ccccc1. The van der Waals surface area contributed by atoms with E-state index in [1.165, 1.54) is 0 Å². The molecule has 8 heteroatoms. The number of rotatable bonds is 6. The summed E-state index contributed by atoms with van der Waals surface area (Å²) in [5.41, 5.74) is 5.63. The standard InChI is InChI=1S/C31H31Cl2N3O3/c1-5-39-30(38)26-18(2)34-24-14-31(3,4)15-25(37)28(24)27(26)22-17-36(16-20-11-12-21(32)13-23(20)33)35-29(22)19-9-7-6-8-10-19/h6-13,17,27,34H,5,14-16H2,1-4H3. The van der Waals surface area contributed by atoms with E-state index in [2.05, 4.69) is 19.2 Å². The van der Waals surface area contributed by atoms with Crippen molar-refractivity contribution in [2.24, 2.45) is 5.41 Å². The quantitative estimate of drug-likeness (QED) is 0.324. The lowest BCUT2D eigenvalue weighted by Crippen LogP contribution is -2.38. The number of hydrogen-bond donors (Lipinski definition) is 1. The Morgan fingerprint density at radius 1 is 1.15 bits per heavy atom. The van der Waals surface area contributed by atoms with Gasteiger partial charge in [0, 0.05) is 50.8 Å². The van der Waals surface area contributed by atoms with Crippen LogP contribution in [0.5, 0.6) is 0 Å². The molecule has 0 saturated heterocycles. The van der Waals surface area contributed by atoms with E-state index in [-0.39, 0.29) is 17.8 Å². The average Bonchev–Trinajstić information content (AvgIpc) is 3.28. The number of allylic oxidation sites excluding steroid dienone is 3. The van der Waals surface area contributed by atoms with Crippen molar-refractivity contribution in [2.75, 3.05) is 6.61 Å². The van der Waals surface area contributed by atoms with Crippen molar-refractivity contribution in [3.63, 3.8) is 0 Å². The number of benzene rings is 2. The summed E-state index contributed by atoms with van der Waals surface area (Å²) in [6.45, 7) is 8.46. The van der Waals surface area contributed by atoms with Gasteiger partial charge in [-0.2, -0.15) is 5.10 Å². The van der Waals surface area contributed by atoms with Gasteiger partial charge in [0.25, 0.3) is 0 Å². The molecule has 202 valence electrons. The number of carbonyl (C=O) groups excluding carboxylic acids is 2. The normalized spacial score (nSPS) is 18.6. The summed E-state index contributed by atoms with van der Waals surface area (Å²) in [5, 5.41) is 9.46. The van der Waals surface area contributed by atoms with Crippen LogP contribution in [0.15, 0.2) is 77.3 Å². The fraction of sp³-hybridized carbons (Fsp3) is 0.323. The number of carbonyl (C=O) groups is 2. The highest BCUT2D eigenvalue weighted by Crippen LogP contribution is 2.48. The number of nitrogens with one attached hydrogen (secondary N) is 1. The first-order valence-electron chi connectivity index (χ1n) is 13.1. The topological polar surface area (TPSA) is 73.2 Å². The minimum atomic E-state index is -0.617. The van der Waals surface area contributed by atoms with Crippen LogP contribution in [0.2, 0.25) is 10.0 Å². The average molecular weight is 565 g/mol. The van der Waals surface area contributed by atoms with Gasteiger partial charge in [-0.1, -0.05) is 73.4 Å². The van der Waals surface area contributed by atoms with Crippen molar-refractivity contribution >= 4 is 35.0 Å². The number of ether oxygens (including phenoxy) is 1. The lowest BCUT2D eigenvalue weighted by atomic mass is 9.68. The smallest absolute Gasteiger partial charge is 0.336 e. The van der Waals surface area contributed by atoms with Gasteiger partial charge in [0.05, 0.1) is 30.3 Å². The lowest BCUT2D eigenvalue weighted by molar-refractivity contribution is -0.138. The zero-order valence-corrected chi connectivity index (χ0v) is 24.0. The minimum Gasteiger partial charge on any atom is -0.463 e. The fourth-order valence-electron chi connectivity index (χ4n) is 5.60. The first kappa shape index (κ1) is 27.2. The van der Waals surface area contributed by atoms with E-state index in [1.54, 1.807) is 19.1 Å². The van der Waals surface area contributed by atoms with Gasteiger partial charge in [-0.25, -0.2) is 4.79 Å². The van der Waals surface area contributed by atoms with Gasteiger partial charge >= 0.3 is 5.97 Å². The van der Waals surface area contributed by atoms with Crippen LogP contribution in [-0.2, 0) is 20.9 Å². The Bertz CT molecular complexity index is 1520. The molecule has 1 unspecified atom stereocenters. The van der Waals surface area contributed by atoms with Gasteiger partial charge in [0.1, 0.15) is 0 Å². The van der Waals surface area contributed by atoms with Crippen molar-refractivity contribution in [3.8, 4) is 11.3 Å². The Morgan fingerprint density at radius 2 is 1.90 bits per heavy atom. The summed E-state index contributed by atoms with van der Waals surface area (Å²) < 4.78 is 7.32. The maximum absolute atomic E-state index is 13.8. The van der Waals surface area contributed by atoms with Crippen molar-refractivity contribution < 1.29 is 14.3 Å². The van der Waals surface area contributed by atoms with Gasteiger partial charge < -0.3 is 10.1 Å². The molecule has 2 heterocycles. The van der Waals surface area contributed by atoms with E-state index in [0.717, 1.165) is 22.4 Å². The second kappa shape index (κ2) is 10.7. The van der Waals surface area contributed by atoms with E-state index >= 15 is 0 Å². The number of nitrogens with zero attached hydrogens (tertiary/aromatic N) is 2. The van der Waals surface area contributed by atoms with Crippen molar-refractivity contribution in [3.05, 3.63) is 98.4 Å². The third-order valence-electron chi connectivity index (χ3n) is 7.23. The number of ketones is 1. The van der Waals surface area contributed by atoms with Crippen molar-refractivity contribution in [1.82, 2.24) is 15.1 Å². The predicted octanol–water partition coefficient (Wildman–Crippen LogP) is 7.07. The number of aromatic nitrogens is 2. The number of esters is 1. The zero-order valence-electron chi connectivity index (χ0n) is 22.5. The summed E-state index contributed by atoms with van der Waals surface area (Å²) in [6.07, 6.45) is 3.02. The summed E-state index contributed by atoms with van der Waals surface area (Å²) >= 11 is 12.6. The summed E-state index contributed by atoms with van der Waals surface area (Å²) in [7, 11) is 0. The Balaban J connectivity index is 1.72. The van der Waals surface area contributed by atoms with E-state index in [9.17, 15) is 9.59 Å². The second-order valence-corrected chi connectivity index (χ2v) is 11.7. The first-order valence-corrected chi connectivity index (χ1v) is 13.8. The van der Waals surface area contributed by atoms with Gasteiger partial charge in [-0.3, -0.25) is 9.48 Å². The van der Waals surface area contributed by atoms with E-state index < -0.39 is 11.9 Å². The molecule has 0 spiro atoms. The highest BCUT2D eigenvalue weighted by atomic mass is 35.5. The Labute approximate surface area is 238 Å². The number of dihydropyridines is 1. The van der Waals surface area contributed by atoms with Crippen LogP contribution in [0.4, 0.5) is 0 Å². The molecule has 1 aliphatic heterocycles. The molecular weight excluding hydrogens is 533 g/mol. The van der Waals surface area contributed by atoms with Crippen LogP contribution in [0.25, 0.3) is 11.3 Å². The molecular formula is C31H31Cl2N3O3. The maximum atomic E-state index is 13.8. The van der Waals surface area contributed by atoms with Gasteiger partial charge in [-0.05, 0) is 43.4 Å². The Hall–Kier alpha value is -3.35. The summed E-state index contributed by atoms with van der Waals surface area (Å²) in [5.74, 6) is -1.03. The van der Waals surface area contributed by atoms with Crippen LogP contribution < -0.4 is 5.32 Å². The van der Waals surface area contributed by atoms with Gasteiger partial charge in [0.15, 0.2) is 5.78 Å². The number of halogens is 2. The molecule has 0 fully saturated rings. The van der Waals surface area contributed by atoms with E-state index in [4.69, 9.17) is 33.0 Å². The molecule has 0 amide bonds. The molecule has 0 bridgehead atoms. The van der Waals surface area contributed by atoms with Crippen molar-refractivity contribution in [2.45, 2.75) is 53.0 Å². The molecule has 1 atom stereocenters. The molecule has 0 radical (unpaired) electrons. The molecule has 3 aromatic rings. The predicted molar refractivity (Wildman–Crippen MR) is 153 cm³/mol. The molecule has 39 heavy (non-hydrogen) atoms. The van der Waals surface area contributed by atoms with Crippen LogP contribution in [0, 0.1) is 5.41 Å². The van der Waals surface area contributed by atoms with Crippen LogP contribution in [0.1, 0.15) is 57.6 Å². The Morgan fingerprint density at radius 3 is 2.59 bits per heavy atom. The van der Waals surface area contributed by atoms with Crippen LogP contribution in [0.3, 0.4) is 0 Å². The van der Waals surface area contributed by atoms with E-state index in [1.807, 2.05) is 54.2 Å². The number of hydrogen-bond acceptors (Lipinski definition) is 5. The van der Waals surface area contributed by atoms with Gasteiger partial charge in [0.2, 0.25) is 0 Å². The van der Waals surface area contributed by atoms with Crippen molar-refractivity contribution in [1.29, 1.82) is 0 Å². The molecule has 5 rings (SSSR count). The molecule has 2 aromatic carbocycles. The number of Topliss-reactive ketones (excluding diaryl/α,β-unsaturated/α-hetero) is 1. The maximum Gasteiger partial charge on any atom is 0.336 e. The molecule has 6 nitrogen and oxygen atoms in total. The Kier molecular flexibility index (Phi) is 7.45. The molecule has 1 aliphatic carbocycles. The van der Waals surface area contributed by atoms with Crippen LogP contribution in [-0.4, -0.2) is 28.1 Å². The third kappa shape index (κ3) is 5.41. The molecule has 0 saturated carbocycles. The highest BCUT2D eigenvalue weighted by molar-refractivity contribution is 6.35. The molecule has 1 N–H and O–H groups in total. The summed E-state index contributed by atoms with van der Waals surface area (Å²) in [4.78, 5) is 27.2. The van der Waals surface area contributed by atoms with Crippen LogP contribution >= 0.6 is 23.2 Å². The van der Waals surface area contributed by atoms with Gasteiger partial charge in [-0.15, -0.1) is 0 Å². The third-order valence-corrected chi connectivity index (χ3v) is 7.82.